The van der Waals surface area contributed by atoms with E-state index in [1.807, 2.05) is 39.0 Å². The number of nitrogens with two attached hydrogens (primary N) is 1. The summed E-state index contributed by atoms with van der Waals surface area (Å²) in [4.78, 5) is 2.21. The van der Waals surface area contributed by atoms with Crippen LogP contribution < -0.4 is 10.6 Å². The van der Waals surface area contributed by atoms with Crippen molar-refractivity contribution in [3.8, 4) is 0 Å². The molecule has 0 saturated carbocycles. The molecule has 0 aliphatic carbocycles. The maximum Gasteiger partial charge on any atom is 0.123 e. The Morgan fingerprint density at radius 1 is 1.55 bits per heavy atom. The summed E-state index contributed by atoms with van der Waals surface area (Å²) in [6, 6.07) is 5.88. The molecule has 110 valence electrons. The Morgan fingerprint density at radius 3 is 2.80 bits per heavy atom. The van der Waals surface area contributed by atoms with E-state index in [1.165, 1.54) is 0 Å². The fraction of sp³-hybridized carbons (Fsp3) is 0.533. The molecule has 1 aliphatic rings. The highest BCUT2D eigenvalue weighted by Gasteiger charge is 2.33. The number of amidine groups is 1. The standard InChI is InChI=1S/C15H23N3O2/c1-10-6-11(4-5-13(10)14(16)17)18-7-12(8-19)20-15(2,3)9-18/h4-6,12,19H,7-9H2,1-3H3,(H3,16,17). The van der Waals surface area contributed by atoms with Crippen LogP contribution in [0.25, 0.3) is 0 Å². The lowest BCUT2D eigenvalue weighted by Gasteiger charge is -2.43. The van der Waals surface area contributed by atoms with Crippen molar-refractivity contribution in [3.05, 3.63) is 29.3 Å². The van der Waals surface area contributed by atoms with Crippen LogP contribution in [-0.4, -0.2) is 42.3 Å². The Hall–Kier alpha value is -1.59. The summed E-state index contributed by atoms with van der Waals surface area (Å²) in [6.07, 6.45) is -0.175. The van der Waals surface area contributed by atoms with Gasteiger partial charge in [0.2, 0.25) is 0 Å². The zero-order chi connectivity index (χ0) is 14.9. The van der Waals surface area contributed by atoms with Gasteiger partial charge in [-0.15, -0.1) is 0 Å². The van der Waals surface area contributed by atoms with E-state index in [0.29, 0.717) is 6.54 Å². The highest BCUT2D eigenvalue weighted by molar-refractivity contribution is 5.96. The predicted molar refractivity (Wildman–Crippen MR) is 80.4 cm³/mol. The van der Waals surface area contributed by atoms with Gasteiger partial charge in [0, 0.05) is 24.3 Å². The van der Waals surface area contributed by atoms with Crippen LogP contribution in [0.4, 0.5) is 5.69 Å². The first-order valence-electron chi connectivity index (χ1n) is 6.81. The first-order valence-corrected chi connectivity index (χ1v) is 6.81. The molecule has 5 heteroatoms. The molecule has 1 saturated heterocycles. The van der Waals surface area contributed by atoms with Crippen LogP contribution in [0.15, 0.2) is 18.2 Å². The Balaban J connectivity index is 2.26. The second kappa shape index (κ2) is 5.42. The number of anilines is 1. The van der Waals surface area contributed by atoms with Crippen molar-refractivity contribution >= 4 is 11.5 Å². The summed E-state index contributed by atoms with van der Waals surface area (Å²) >= 11 is 0. The number of rotatable bonds is 3. The van der Waals surface area contributed by atoms with Gasteiger partial charge < -0.3 is 20.5 Å². The fourth-order valence-corrected chi connectivity index (χ4v) is 2.73. The van der Waals surface area contributed by atoms with E-state index in [1.54, 1.807) is 0 Å². The SMILES string of the molecule is Cc1cc(N2CC(CO)OC(C)(C)C2)ccc1C(=N)N. The number of benzene rings is 1. The van der Waals surface area contributed by atoms with Crippen LogP contribution in [-0.2, 0) is 4.74 Å². The van der Waals surface area contributed by atoms with Crippen LogP contribution in [0.5, 0.6) is 0 Å². The van der Waals surface area contributed by atoms with Crippen LogP contribution in [0, 0.1) is 12.3 Å². The van der Waals surface area contributed by atoms with Gasteiger partial charge in [-0.1, -0.05) is 0 Å². The molecule has 1 heterocycles. The molecule has 5 nitrogen and oxygen atoms in total. The minimum absolute atomic E-state index is 0.0183. The first-order chi connectivity index (χ1) is 9.32. The minimum atomic E-state index is -0.293. The zero-order valence-corrected chi connectivity index (χ0v) is 12.3. The third-order valence-corrected chi connectivity index (χ3v) is 3.55. The summed E-state index contributed by atoms with van der Waals surface area (Å²) in [5.41, 5.74) is 8.07. The van der Waals surface area contributed by atoms with Crippen LogP contribution in [0.2, 0.25) is 0 Å². The largest absolute Gasteiger partial charge is 0.394 e. The van der Waals surface area contributed by atoms with Crippen molar-refractivity contribution in [2.24, 2.45) is 5.73 Å². The third kappa shape index (κ3) is 3.11. The van der Waals surface area contributed by atoms with Gasteiger partial charge >= 0.3 is 0 Å². The van der Waals surface area contributed by atoms with Gasteiger partial charge in [0.1, 0.15) is 5.84 Å². The van der Waals surface area contributed by atoms with Gasteiger partial charge in [0.25, 0.3) is 0 Å². The van der Waals surface area contributed by atoms with Crippen molar-refractivity contribution < 1.29 is 9.84 Å². The molecule has 1 atom stereocenters. The Labute approximate surface area is 119 Å². The van der Waals surface area contributed by atoms with Crippen molar-refractivity contribution in [2.45, 2.75) is 32.5 Å². The molecule has 0 amide bonds. The molecule has 1 aromatic carbocycles. The number of hydrogen-bond donors (Lipinski definition) is 3. The average Bonchev–Trinajstić information content (AvgIpc) is 2.36. The molecular formula is C15H23N3O2. The van der Waals surface area contributed by atoms with Crippen LogP contribution in [0.3, 0.4) is 0 Å². The molecule has 1 aliphatic heterocycles. The number of aliphatic hydroxyl groups excluding tert-OH is 1. The fourth-order valence-electron chi connectivity index (χ4n) is 2.73. The van der Waals surface area contributed by atoms with Gasteiger partial charge in [-0.05, 0) is 44.5 Å². The lowest BCUT2D eigenvalue weighted by Crippen LogP contribution is -2.54. The predicted octanol–water partition coefficient (Wildman–Crippen LogP) is 1.26. The maximum atomic E-state index is 9.36. The quantitative estimate of drug-likeness (QED) is 0.574. The third-order valence-electron chi connectivity index (χ3n) is 3.55. The van der Waals surface area contributed by atoms with Crippen molar-refractivity contribution in [2.75, 3.05) is 24.6 Å². The molecule has 20 heavy (non-hydrogen) atoms. The summed E-state index contributed by atoms with van der Waals surface area (Å²) < 4.78 is 5.82. The number of nitrogen functional groups attached to an aromatic ring is 1. The highest BCUT2D eigenvalue weighted by Crippen LogP contribution is 2.27. The van der Waals surface area contributed by atoms with E-state index in [-0.39, 0.29) is 24.1 Å². The molecule has 0 bridgehead atoms. The molecule has 0 radical (unpaired) electrons. The van der Waals surface area contributed by atoms with Crippen molar-refractivity contribution in [1.29, 1.82) is 5.41 Å². The van der Waals surface area contributed by atoms with Crippen molar-refractivity contribution in [3.63, 3.8) is 0 Å². The van der Waals surface area contributed by atoms with E-state index in [0.717, 1.165) is 23.4 Å². The van der Waals surface area contributed by atoms with Gasteiger partial charge in [0.15, 0.2) is 0 Å². The summed E-state index contributed by atoms with van der Waals surface area (Å²) in [7, 11) is 0. The second-order valence-corrected chi connectivity index (χ2v) is 5.98. The number of hydrogen-bond acceptors (Lipinski definition) is 4. The van der Waals surface area contributed by atoms with Crippen LogP contribution in [0.1, 0.15) is 25.0 Å². The smallest absolute Gasteiger partial charge is 0.123 e. The van der Waals surface area contributed by atoms with E-state index in [2.05, 4.69) is 4.90 Å². The van der Waals surface area contributed by atoms with E-state index in [9.17, 15) is 5.11 Å². The van der Waals surface area contributed by atoms with Gasteiger partial charge in [0.05, 0.1) is 18.3 Å². The van der Waals surface area contributed by atoms with Gasteiger partial charge in [-0.25, -0.2) is 0 Å². The zero-order valence-electron chi connectivity index (χ0n) is 12.3. The molecule has 0 aromatic heterocycles. The van der Waals surface area contributed by atoms with Gasteiger partial charge in [-0.3, -0.25) is 5.41 Å². The maximum absolute atomic E-state index is 9.36. The monoisotopic (exact) mass is 277 g/mol. The molecule has 1 unspecified atom stereocenters. The Bertz CT molecular complexity index is 514. The number of nitrogens with one attached hydrogen (secondary N) is 1. The molecule has 0 spiro atoms. The number of ether oxygens (including phenoxy) is 1. The van der Waals surface area contributed by atoms with E-state index in [4.69, 9.17) is 15.9 Å². The number of aliphatic hydroxyl groups is 1. The molecule has 1 fully saturated rings. The van der Waals surface area contributed by atoms with E-state index < -0.39 is 0 Å². The molecule has 2 rings (SSSR count). The Morgan fingerprint density at radius 2 is 2.25 bits per heavy atom. The number of nitrogens with zero attached hydrogens (tertiary/aromatic N) is 1. The lowest BCUT2D eigenvalue weighted by molar-refractivity contribution is -0.101. The Kier molecular flexibility index (Phi) is 4.01. The highest BCUT2D eigenvalue weighted by atomic mass is 16.5. The second-order valence-electron chi connectivity index (χ2n) is 5.98. The topological polar surface area (TPSA) is 82.6 Å². The summed E-state index contributed by atoms with van der Waals surface area (Å²) in [6.45, 7) is 7.46. The first kappa shape index (κ1) is 14.8. The average molecular weight is 277 g/mol. The number of aryl methyl sites for hydroxylation is 1. The molecular weight excluding hydrogens is 254 g/mol. The summed E-state index contributed by atoms with van der Waals surface area (Å²) in [5, 5.41) is 16.9. The van der Waals surface area contributed by atoms with Crippen molar-refractivity contribution in [1.82, 2.24) is 0 Å². The van der Waals surface area contributed by atoms with Gasteiger partial charge in [-0.2, -0.15) is 0 Å². The summed E-state index contributed by atoms with van der Waals surface area (Å²) in [5.74, 6) is 0.0876. The number of morpholine rings is 1. The molecule has 1 aromatic rings. The normalized spacial score (nSPS) is 21.8. The molecule has 4 N–H and O–H groups in total. The van der Waals surface area contributed by atoms with Crippen LogP contribution >= 0.6 is 0 Å². The van der Waals surface area contributed by atoms with E-state index >= 15 is 0 Å². The minimum Gasteiger partial charge on any atom is -0.394 e. The lowest BCUT2D eigenvalue weighted by atomic mass is 10.0.